The summed E-state index contributed by atoms with van der Waals surface area (Å²) in [5.74, 6) is 0.801. The molecule has 1 heterocycles. The molecule has 6 heteroatoms. The summed E-state index contributed by atoms with van der Waals surface area (Å²) >= 11 is 0. The lowest BCUT2D eigenvalue weighted by atomic mass is 9.95. The highest BCUT2D eigenvalue weighted by Gasteiger charge is 2.46. The third-order valence-corrected chi connectivity index (χ3v) is 7.09. The Bertz CT molecular complexity index is 1110. The number of hydrogen-bond donors (Lipinski definition) is 2. The smallest absolute Gasteiger partial charge is 0.240 e. The van der Waals surface area contributed by atoms with Crippen LogP contribution in [0, 0.1) is 13.8 Å². The van der Waals surface area contributed by atoms with Crippen LogP contribution < -0.4 is 9.46 Å². The van der Waals surface area contributed by atoms with Gasteiger partial charge in [-0.3, -0.25) is 0 Å². The van der Waals surface area contributed by atoms with E-state index < -0.39 is 10.0 Å². The molecule has 27 heavy (non-hydrogen) atoms. The average molecular weight is 385 g/mol. The van der Waals surface area contributed by atoms with Crippen LogP contribution in [0.4, 0.5) is 0 Å². The number of sulfonamides is 1. The van der Waals surface area contributed by atoms with Gasteiger partial charge in [-0.15, -0.1) is 0 Å². The summed E-state index contributed by atoms with van der Waals surface area (Å²) in [6.07, 6.45) is 3.93. The number of fused-ring (bicyclic) bond motifs is 1. The van der Waals surface area contributed by atoms with Gasteiger partial charge in [0.05, 0.1) is 12.0 Å². The fourth-order valence-corrected chi connectivity index (χ4v) is 5.12. The highest BCUT2D eigenvalue weighted by Crippen LogP contribution is 2.50. The zero-order valence-electron chi connectivity index (χ0n) is 15.8. The lowest BCUT2D eigenvalue weighted by molar-refractivity contribution is 0.415. The zero-order chi connectivity index (χ0) is 19.2. The number of aromatic nitrogens is 1. The molecule has 2 N–H and O–H groups in total. The molecule has 0 spiro atoms. The van der Waals surface area contributed by atoms with E-state index in [1.165, 1.54) is 0 Å². The lowest BCUT2D eigenvalue weighted by Gasteiger charge is -2.17. The number of aryl methyl sites for hydroxylation is 2. The number of rotatable bonds is 6. The third-order valence-electron chi connectivity index (χ3n) is 5.55. The van der Waals surface area contributed by atoms with Crippen molar-refractivity contribution < 1.29 is 13.2 Å². The first-order valence-electron chi connectivity index (χ1n) is 9.07. The van der Waals surface area contributed by atoms with Crippen molar-refractivity contribution in [3.05, 3.63) is 59.3 Å². The molecular formula is C21H24N2O3S. The van der Waals surface area contributed by atoms with E-state index in [0.717, 1.165) is 46.2 Å². The Morgan fingerprint density at radius 3 is 2.63 bits per heavy atom. The Morgan fingerprint density at radius 1 is 1.15 bits per heavy atom. The second kappa shape index (κ2) is 6.39. The monoisotopic (exact) mass is 384 g/mol. The molecule has 2 aromatic carbocycles. The van der Waals surface area contributed by atoms with Crippen molar-refractivity contribution in [1.82, 2.24) is 9.71 Å². The van der Waals surface area contributed by atoms with Gasteiger partial charge in [0, 0.05) is 29.1 Å². The largest absolute Gasteiger partial charge is 0.497 e. The van der Waals surface area contributed by atoms with Crippen LogP contribution in [-0.4, -0.2) is 27.1 Å². The Balaban J connectivity index is 1.62. The van der Waals surface area contributed by atoms with E-state index in [2.05, 4.69) is 9.71 Å². The molecule has 5 nitrogen and oxygen atoms in total. The number of nitrogens with one attached hydrogen (secondary N) is 2. The Kier molecular flexibility index (Phi) is 4.28. The lowest BCUT2D eigenvalue weighted by Crippen LogP contribution is -2.32. The van der Waals surface area contributed by atoms with Crippen molar-refractivity contribution in [2.24, 2.45) is 0 Å². The quantitative estimate of drug-likeness (QED) is 0.679. The van der Waals surface area contributed by atoms with Gasteiger partial charge in [0.15, 0.2) is 0 Å². The molecule has 0 unspecified atom stereocenters. The minimum absolute atomic E-state index is 0.157. The Labute approximate surface area is 159 Å². The first kappa shape index (κ1) is 18.1. The number of aromatic amines is 1. The highest BCUT2D eigenvalue weighted by atomic mass is 32.2. The predicted octanol–water partition coefficient (Wildman–Crippen LogP) is 3.80. The summed E-state index contributed by atoms with van der Waals surface area (Å²) in [5, 5.41) is 1.10. The summed E-state index contributed by atoms with van der Waals surface area (Å²) in [5.41, 5.74) is 3.73. The van der Waals surface area contributed by atoms with Crippen LogP contribution >= 0.6 is 0 Å². The molecule has 1 fully saturated rings. The van der Waals surface area contributed by atoms with Gasteiger partial charge in [-0.2, -0.15) is 0 Å². The van der Waals surface area contributed by atoms with E-state index >= 15 is 0 Å². The molecule has 0 aliphatic heterocycles. The van der Waals surface area contributed by atoms with E-state index in [0.29, 0.717) is 11.4 Å². The standard InChI is InChI=1S/C21H24N2O3S/c1-14-4-5-15(2)20(10-14)27(24,25)23-13-21(8-9-21)18-12-22-19-7-6-16(26-3)11-17(18)19/h4-7,10-12,22-23H,8-9,13H2,1-3H3. The summed E-state index contributed by atoms with van der Waals surface area (Å²) < 4.78 is 34.0. The van der Waals surface area contributed by atoms with Gasteiger partial charge in [-0.05, 0) is 67.6 Å². The maximum atomic E-state index is 12.9. The number of methoxy groups -OCH3 is 1. The molecule has 0 saturated heterocycles. The fourth-order valence-electron chi connectivity index (χ4n) is 3.67. The number of H-pyrrole nitrogens is 1. The van der Waals surface area contributed by atoms with Gasteiger partial charge in [-0.1, -0.05) is 12.1 Å². The predicted molar refractivity (Wildman–Crippen MR) is 107 cm³/mol. The van der Waals surface area contributed by atoms with Crippen LogP contribution in [-0.2, 0) is 15.4 Å². The Hall–Kier alpha value is -2.31. The number of hydrogen-bond acceptors (Lipinski definition) is 3. The minimum Gasteiger partial charge on any atom is -0.497 e. The first-order chi connectivity index (χ1) is 12.8. The van der Waals surface area contributed by atoms with Gasteiger partial charge in [0.2, 0.25) is 10.0 Å². The first-order valence-corrected chi connectivity index (χ1v) is 10.6. The SMILES string of the molecule is COc1ccc2[nH]cc(C3(CNS(=O)(=O)c4cc(C)ccc4C)CC3)c2c1. The second-order valence-corrected chi connectivity index (χ2v) is 9.22. The number of benzene rings is 2. The van der Waals surface area contributed by atoms with Crippen LogP contribution in [0.2, 0.25) is 0 Å². The van der Waals surface area contributed by atoms with E-state index in [4.69, 9.17) is 4.74 Å². The summed E-state index contributed by atoms with van der Waals surface area (Å²) in [4.78, 5) is 3.66. The molecule has 4 rings (SSSR count). The molecule has 0 radical (unpaired) electrons. The van der Waals surface area contributed by atoms with Crippen LogP contribution in [0.3, 0.4) is 0 Å². The van der Waals surface area contributed by atoms with Gasteiger partial charge in [0.25, 0.3) is 0 Å². The topological polar surface area (TPSA) is 71.2 Å². The van der Waals surface area contributed by atoms with Crippen molar-refractivity contribution in [2.75, 3.05) is 13.7 Å². The molecule has 1 saturated carbocycles. The summed E-state index contributed by atoms with van der Waals surface area (Å²) in [7, 11) is -1.90. The van der Waals surface area contributed by atoms with E-state index in [-0.39, 0.29) is 5.41 Å². The summed E-state index contributed by atoms with van der Waals surface area (Å²) in [6.45, 7) is 4.12. The van der Waals surface area contributed by atoms with Crippen LogP contribution in [0.5, 0.6) is 5.75 Å². The normalized spacial score (nSPS) is 15.8. The third kappa shape index (κ3) is 3.24. The minimum atomic E-state index is -3.55. The van der Waals surface area contributed by atoms with Gasteiger partial charge >= 0.3 is 0 Å². The summed E-state index contributed by atoms with van der Waals surface area (Å²) in [6, 6.07) is 11.4. The Morgan fingerprint density at radius 2 is 1.93 bits per heavy atom. The van der Waals surface area contributed by atoms with Gasteiger partial charge in [0.1, 0.15) is 5.75 Å². The van der Waals surface area contributed by atoms with Gasteiger partial charge < -0.3 is 9.72 Å². The molecule has 0 amide bonds. The van der Waals surface area contributed by atoms with Crippen molar-refractivity contribution in [2.45, 2.75) is 37.0 Å². The van der Waals surface area contributed by atoms with Crippen LogP contribution in [0.1, 0.15) is 29.5 Å². The molecule has 0 bridgehead atoms. The molecule has 3 aromatic rings. The molecule has 1 aliphatic carbocycles. The highest BCUT2D eigenvalue weighted by molar-refractivity contribution is 7.89. The van der Waals surface area contributed by atoms with Crippen LogP contribution in [0.25, 0.3) is 10.9 Å². The second-order valence-electron chi connectivity index (χ2n) is 7.49. The van der Waals surface area contributed by atoms with Crippen molar-refractivity contribution in [1.29, 1.82) is 0 Å². The fraction of sp³-hybridized carbons (Fsp3) is 0.333. The maximum Gasteiger partial charge on any atom is 0.240 e. The molecule has 1 aliphatic rings. The molecule has 1 aromatic heterocycles. The van der Waals surface area contributed by atoms with Crippen LogP contribution in [0.15, 0.2) is 47.5 Å². The van der Waals surface area contributed by atoms with Crippen molar-refractivity contribution in [3.8, 4) is 5.75 Å². The zero-order valence-corrected chi connectivity index (χ0v) is 16.6. The average Bonchev–Trinajstić information content (AvgIpc) is 3.32. The van der Waals surface area contributed by atoms with Crippen molar-refractivity contribution >= 4 is 20.9 Å². The molecular weight excluding hydrogens is 360 g/mol. The molecule has 142 valence electrons. The maximum absolute atomic E-state index is 12.9. The van der Waals surface area contributed by atoms with E-state index in [1.807, 2.05) is 50.4 Å². The number of ether oxygens (including phenoxy) is 1. The van der Waals surface area contributed by atoms with Crippen molar-refractivity contribution in [3.63, 3.8) is 0 Å². The van der Waals surface area contributed by atoms with E-state index in [9.17, 15) is 8.42 Å². The van der Waals surface area contributed by atoms with Gasteiger partial charge in [-0.25, -0.2) is 13.1 Å². The van der Waals surface area contributed by atoms with E-state index in [1.54, 1.807) is 13.2 Å². The molecule has 0 atom stereocenters.